The van der Waals surface area contributed by atoms with Crippen LogP contribution in [0.2, 0.25) is 0 Å². The van der Waals surface area contributed by atoms with Crippen LogP contribution in [0.25, 0.3) is 0 Å². The number of aryl methyl sites for hydroxylation is 2. The Morgan fingerprint density at radius 3 is 1.45 bits per heavy atom. The number of rotatable bonds is 10. The zero-order chi connectivity index (χ0) is 42.7. The highest BCUT2D eigenvalue weighted by Crippen LogP contribution is 2.38. The van der Waals surface area contributed by atoms with Crippen LogP contribution < -0.4 is 15.4 Å². The van der Waals surface area contributed by atoms with Crippen molar-refractivity contribution in [3.63, 3.8) is 0 Å². The molecule has 4 amide bonds. The quantitative estimate of drug-likeness (QED) is 0.110. The maximum Gasteiger partial charge on any atom is 0.321 e. The Hall–Kier alpha value is -6.69. The van der Waals surface area contributed by atoms with E-state index in [4.69, 9.17) is 4.74 Å². The minimum atomic E-state index is -0.962. The lowest BCUT2D eigenvalue weighted by Gasteiger charge is -2.39. The molecule has 0 saturated carbocycles. The largest absolute Gasteiger partial charge is 0.481 e. The number of nitrogens with zero attached hydrogens (tertiary/aromatic N) is 3. The smallest absolute Gasteiger partial charge is 0.321 e. The van der Waals surface area contributed by atoms with Crippen molar-refractivity contribution in [2.45, 2.75) is 62.8 Å². The van der Waals surface area contributed by atoms with Gasteiger partial charge in [0.05, 0.1) is 24.0 Å². The maximum absolute atomic E-state index is 13.1. The minimum Gasteiger partial charge on any atom is -0.481 e. The van der Waals surface area contributed by atoms with E-state index < -0.39 is 22.8 Å². The van der Waals surface area contributed by atoms with E-state index in [0.29, 0.717) is 63.4 Å². The number of likely N-dealkylation sites (tertiary alicyclic amines) is 2. The Kier molecular flexibility index (Phi) is 13.9. The van der Waals surface area contributed by atoms with Gasteiger partial charge >= 0.3 is 24.0 Å². The molecule has 0 atom stereocenters. The van der Waals surface area contributed by atoms with Crippen molar-refractivity contribution in [3.8, 4) is 5.88 Å². The van der Waals surface area contributed by atoms with Gasteiger partial charge in [-0.05, 0) is 72.9 Å². The molecule has 12 nitrogen and oxygen atoms in total. The van der Waals surface area contributed by atoms with Gasteiger partial charge in [-0.2, -0.15) is 0 Å². The van der Waals surface area contributed by atoms with E-state index in [9.17, 15) is 29.4 Å². The second-order valence-corrected chi connectivity index (χ2v) is 15.3. The van der Waals surface area contributed by atoms with Crippen LogP contribution in [0.15, 0.2) is 127 Å². The summed E-state index contributed by atoms with van der Waals surface area (Å²) >= 11 is 0. The highest BCUT2D eigenvalue weighted by atomic mass is 16.5. The van der Waals surface area contributed by atoms with Gasteiger partial charge in [-0.15, -0.1) is 0 Å². The summed E-state index contributed by atoms with van der Waals surface area (Å²) in [5.41, 5.74) is 4.11. The van der Waals surface area contributed by atoms with E-state index in [-0.39, 0.29) is 18.1 Å². The third-order valence-electron chi connectivity index (χ3n) is 11.9. The summed E-state index contributed by atoms with van der Waals surface area (Å²) in [6.07, 6.45) is 2.31. The first-order valence-corrected chi connectivity index (χ1v) is 20.3. The standard InChI is InChI=1S/C26H26N2O3.C22H27N3O4/c29-24(30)26(22-14-8-3-9-15-22)16-18-28(19-17-26)25(31)27-23(20-10-4-1-5-11-20)21-12-6-2-7-13-21;1-4-16-14-18(19(29-3)23-15(16)2)24-21(28)25-12-10-22(11-13-25,20(26)27)17-8-6-5-7-9-17/h1-15,23H,16-19H2,(H,27,31)(H,29,30);5-9,14H,4,10-13H2,1-3H3,(H,24,28)(H,26,27). The van der Waals surface area contributed by atoms with Crippen molar-refractivity contribution in [1.29, 1.82) is 0 Å². The topological polar surface area (TPSA) is 161 Å². The Balaban J connectivity index is 0.000000202. The second-order valence-electron chi connectivity index (χ2n) is 15.3. The average Bonchev–Trinajstić information content (AvgIpc) is 3.29. The summed E-state index contributed by atoms with van der Waals surface area (Å²) < 4.78 is 5.31. The molecule has 312 valence electrons. The van der Waals surface area contributed by atoms with E-state index in [0.717, 1.165) is 39.9 Å². The predicted octanol–water partition coefficient (Wildman–Crippen LogP) is 8.22. The van der Waals surface area contributed by atoms with Gasteiger partial charge in [0.15, 0.2) is 0 Å². The van der Waals surface area contributed by atoms with Crippen LogP contribution in [0.4, 0.5) is 15.3 Å². The molecule has 60 heavy (non-hydrogen) atoms. The number of piperidine rings is 2. The first-order chi connectivity index (χ1) is 29.0. The molecular formula is C48H53N5O7. The van der Waals surface area contributed by atoms with E-state index in [1.165, 1.54) is 7.11 Å². The number of aliphatic carboxylic acids is 2. The first-order valence-electron chi connectivity index (χ1n) is 20.3. The number of carbonyl (C=O) groups is 4. The number of hydrogen-bond acceptors (Lipinski definition) is 6. The lowest BCUT2D eigenvalue weighted by Crippen LogP contribution is -2.52. The molecule has 1 aromatic heterocycles. The number of benzene rings is 4. The minimum absolute atomic E-state index is 0.176. The van der Waals surface area contributed by atoms with Gasteiger partial charge in [0.2, 0.25) is 5.88 Å². The zero-order valence-electron chi connectivity index (χ0n) is 34.3. The molecule has 0 radical (unpaired) electrons. The number of aromatic nitrogens is 1. The third-order valence-corrected chi connectivity index (χ3v) is 11.9. The molecule has 2 fully saturated rings. The molecule has 4 aromatic carbocycles. The summed E-state index contributed by atoms with van der Waals surface area (Å²) in [7, 11) is 1.52. The number of urea groups is 2. The number of methoxy groups -OCH3 is 1. The molecule has 0 bridgehead atoms. The number of anilines is 1. The van der Waals surface area contributed by atoms with Gasteiger partial charge in [-0.1, -0.05) is 128 Å². The van der Waals surface area contributed by atoms with Gasteiger partial charge in [0.25, 0.3) is 0 Å². The molecular weight excluding hydrogens is 759 g/mol. The Labute approximate surface area is 351 Å². The summed E-state index contributed by atoms with van der Waals surface area (Å²) in [5, 5.41) is 25.9. The lowest BCUT2D eigenvalue weighted by atomic mass is 9.73. The highest BCUT2D eigenvalue weighted by Gasteiger charge is 2.45. The van der Waals surface area contributed by atoms with Gasteiger partial charge in [0.1, 0.15) is 5.69 Å². The van der Waals surface area contributed by atoms with Crippen molar-refractivity contribution in [2.24, 2.45) is 0 Å². The fourth-order valence-electron chi connectivity index (χ4n) is 8.24. The molecule has 3 heterocycles. The number of carbonyl (C=O) groups excluding carboxylic acids is 2. The molecule has 2 aliphatic rings. The predicted molar refractivity (Wildman–Crippen MR) is 230 cm³/mol. The van der Waals surface area contributed by atoms with E-state index >= 15 is 0 Å². The Bertz CT molecular complexity index is 2180. The molecule has 0 unspecified atom stereocenters. The van der Waals surface area contributed by atoms with Gasteiger partial charge in [-0.25, -0.2) is 14.6 Å². The van der Waals surface area contributed by atoms with Crippen molar-refractivity contribution >= 4 is 29.7 Å². The molecule has 2 saturated heterocycles. The van der Waals surface area contributed by atoms with Crippen LogP contribution in [0.5, 0.6) is 5.88 Å². The highest BCUT2D eigenvalue weighted by molar-refractivity contribution is 5.91. The average molecular weight is 812 g/mol. The van der Waals surface area contributed by atoms with Crippen molar-refractivity contribution in [1.82, 2.24) is 20.1 Å². The molecule has 0 aliphatic carbocycles. The first kappa shape index (κ1) is 42.9. The van der Waals surface area contributed by atoms with E-state index in [2.05, 4.69) is 15.6 Å². The molecule has 7 rings (SSSR count). The number of pyridine rings is 1. The van der Waals surface area contributed by atoms with Gasteiger partial charge < -0.3 is 35.4 Å². The summed E-state index contributed by atoms with van der Waals surface area (Å²) in [4.78, 5) is 58.0. The molecule has 4 N–H and O–H groups in total. The Morgan fingerprint density at radius 1 is 0.667 bits per heavy atom. The fraction of sp³-hybridized carbons (Fsp3) is 0.312. The molecule has 0 spiro atoms. The Morgan fingerprint density at radius 2 is 1.07 bits per heavy atom. The number of amides is 4. The molecule has 2 aliphatic heterocycles. The maximum atomic E-state index is 13.1. The van der Waals surface area contributed by atoms with Crippen LogP contribution in [0.3, 0.4) is 0 Å². The van der Waals surface area contributed by atoms with Crippen LogP contribution in [0.1, 0.15) is 72.2 Å². The fourth-order valence-corrected chi connectivity index (χ4v) is 8.24. The SMILES string of the molecule is CCc1cc(NC(=O)N2CCC(C(=O)O)(c3ccccc3)CC2)c(OC)nc1C.O=C(NC(c1ccccc1)c1ccccc1)N1CCC(C(=O)O)(c2ccccc2)CC1. The summed E-state index contributed by atoms with van der Waals surface area (Å²) in [5.74, 6) is -1.31. The molecule has 5 aromatic rings. The number of nitrogens with one attached hydrogen (secondary N) is 2. The van der Waals surface area contributed by atoms with Gasteiger partial charge in [-0.3, -0.25) is 9.59 Å². The van der Waals surface area contributed by atoms with Crippen molar-refractivity contribution in [3.05, 3.63) is 161 Å². The van der Waals surface area contributed by atoms with E-state index in [1.54, 1.807) is 9.80 Å². The molecule has 12 heteroatoms. The van der Waals surface area contributed by atoms with Crippen LogP contribution >= 0.6 is 0 Å². The van der Waals surface area contributed by atoms with E-state index in [1.807, 2.05) is 141 Å². The van der Waals surface area contributed by atoms with Crippen LogP contribution in [0, 0.1) is 6.92 Å². The number of carboxylic acids is 2. The number of hydrogen-bond donors (Lipinski definition) is 4. The van der Waals surface area contributed by atoms with Gasteiger partial charge in [0, 0.05) is 31.9 Å². The van der Waals surface area contributed by atoms with Crippen LogP contribution in [-0.2, 0) is 26.8 Å². The van der Waals surface area contributed by atoms with Crippen LogP contribution in [-0.4, -0.2) is 82.3 Å². The monoisotopic (exact) mass is 811 g/mol. The van der Waals surface area contributed by atoms with Crippen molar-refractivity contribution < 1.29 is 34.1 Å². The summed E-state index contributed by atoms with van der Waals surface area (Å²) in [6.45, 7) is 5.44. The second kappa shape index (κ2) is 19.4. The summed E-state index contributed by atoms with van der Waals surface area (Å²) in [6, 6.07) is 39.5. The van der Waals surface area contributed by atoms with Crippen molar-refractivity contribution in [2.75, 3.05) is 38.6 Å². The zero-order valence-corrected chi connectivity index (χ0v) is 34.3. The number of ether oxygens (including phenoxy) is 1. The normalized spacial score (nSPS) is 15.5. The third kappa shape index (κ3) is 9.44. The number of carboxylic acid groups (broad SMARTS) is 2. The lowest BCUT2D eigenvalue weighted by molar-refractivity contribution is -0.146.